The van der Waals surface area contributed by atoms with Crippen LogP contribution >= 0.6 is 0 Å². The van der Waals surface area contributed by atoms with E-state index >= 15 is 0 Å². The molecule has 0 heterocycles. The summed E-state index contributed by atoms with van der Waals surface area (Å²) in [7, 11) is 0. The van der Waals surface area contributed by atoms with Crippen molar-refractivity contribution in [2.45, 2.75) is 145 Å². The minimum absolute atomic E-state index is 0.00691. The van der Waals surface area contributed by atoms with Gasteiger partial charge in [-0.3, -0.25) is 0 Å². The number of unbranched alkanes of at least 4 members (excludes halogenated alkanes) is 6. The lowest BCUT2D eigenvalue weighted by Gasteiger charge is -2.53. The number of hydrogen-bond acceptors (Lipinski definition) is 1. The molecule has 0 aromatic rings. The molecular formula is C26H54O. The molecule has 0 rings (SSSR count). The van der Waals surface area contributed by atoms with Crippen LogP contribution in [0.2, 0.25) is 0 Å². The zero-order valence-corrected chi connectivity index (χ0v) is 20.8. The fourth-order valence-electron chi connectivity index (χ4n) is 5.07. The van der Waals surface area contributed by atoms with Gasteiger partial charge in [0.05, 0.1) is 11.2 Å². The van der Waals surface area contributed by atoms with Crippen molar-refractivity contribution in [2.75, 3.05) is 0 Å². The van der Waals surface area contributed by atoms with Crippen LogP contribution in [0.3, 0.4) is 0 Å². The molecular weight excluding hydrogens is 328 g/mol. The Kier molecular flexibility index (Phi) is 13.2. The fourth-order valence-corrected chi connectivity index (χ4v) is 5.07. The van der Waals surface area contributed by atoms with Crippen LogP contribution in [-0.4, -0.2) is 11.2 Å². The maximum atomic E-state index is 7.43. The van der Waals surface area contributed by atoms with Crippen LogP contribution in [-0.2, 0) is 4.74 Å². The van der Waals surface area contributed by atoms with Crippen LogP contribution < -0.4 is 0 Å². The highest BCUT2D eigenvalue weighted by Crippen LogP contribution is 2.46. The van der Waals surface area contributed by atoms with E-state index in [1.165, 1.54) is 64.2 Å². The topological polar surface area (TPSA) is 9.23 Å². The van der Waals surface area contributed by atoms with Gasteiger partial charge in [0.25, 0.3) is 0 Å². The van der Waals surface area contributed by atoms with Gasteiger partial charge in [-0.2, -0.15) is 0 Å². The molecule has 0 aliphatic heterocycles. The lowest BCUT2D eigenvalue weighted by molar-refractivity contribution is -0.239. The third kappa shape index (κ3) is 7.71. The van der Waals surface area contributed by atoms with Crippen molar-refractivity contribution in [1.82, 2.24) is 0 Å². The molecule has 0 unspecified atom stereocenters. The summed E-state index contributed by atoms with van der Waals surface area (Å²) in [5, 5.41) is 0. The van der Waals surface area contributed by atoms with Crippen LogP contribution in [0.1, 0.15) is 133 Å². The third-order valence-electron chi connectivity index (χ3n) is 7.13. The highest BCUT2D eigenvalue weighted by atomic mass is 16.5. The minimum Gasteiger partial charge on any atom is -0.367 e. The lowest BCUT2D eigenvalue weighted by atomic mass is 9.71. The molecule has 0 aliphatic rings. The first-order chi connectivity index (χ1) is 12.6. The average molecular weight is 383 g/mol. The smallest absolute Gasteiger partial charge is 0.0735 e. The largest absolute Gasteiger partial charge is 0.367 e. The Hall–Kier alpha value is -0.0400. The van der Waals surface area contributed by atoms with E-state index in [1.807, 2.05) is 0 Å². The van der Waals surface area contributed by atoms with Crippen molar-refractivity contribution in [3.8, 4) is 0 Å². The molecule has 1 heteroatoms. The molecule has 0 bridgehead atoms. The van der Waals surface area contributed by atoms with E-state index in [0.717, 1.165) is 0 Å². The summed E-state index contributed by atoms with van der Waals surface area (Å²) < 4.78 is 7.43. The molecule has 0 spiro atoms. The van der Waals surface area contributed by atoms with E-state index in [1.54, 1.807) is 0 Å². The summed E-state index contributed by atoms with van der Waals surface area (Å²) in [6.45, 7) is 23.7. The molecule has 0 amide bonds. The normalized spacial score (nSPS) is 13.6. The summed E-state index contributed by atoms with van der Waals surface area (Å²) >= 11 is 0. The Morgan fingerprint density at radius 1 is 0.481 bits per heavy atom. The highest BCUT2D eigenvalue weighted by molar-refractivity contribution is 4.96. The zero-order chi connectivity index (χ0) is 21.1. The Bertz CT molecular complexity index is 303. The lowest BCUT2D eigenvalue weighted by Crippen LogP contribution is -2.55. The molecule has 1 nitrogen and oxygen atoms in total. The first-order valence-corrected chi connectivity index (χ1v) is 12.3. The Morgan fingerprint density at radius 3 is 1.00 bits per heavy atom. The van der Waals surface area contributed by atoms with Gasteiger partial charge in [0.1, 0.15) is 0 Å². The molecule has 164 valence electrons. The van der Waals surface area contributed by atoms with Gasteiger partial charge in [0.2, 0.25) is 0 Å². The second kappa shape index (κ2) is 13.2. The molecule has 27 heavy (non-hydrogen) atoms. The molecule has 0 aromatic heterocycles. The summed E-state index contributed by atoms with van der Waals surface area (Å²) in [5.41, 5.74) is -0.0138. The molecule has 0 aromatic carbocycles. The molecule has 0 saturated carbocycles. The average Bonchev–Trinajstić information content (AvgIpc) is 2.58. The van der Waals surface area contributed by atoms with Gasteiger partial charge in [-0.05, 0) is 36.5 Å². The van der Waals surface area contributed by atoms with E-state index < -0.39 is 0 Å². The van der Waals surface area contributed by atoms with Gasteiger partial charge in [0, 0.05) is 0 Å². The van der Waals surface area contributed by atoms with E-state index in [2.05, 4.69) is 69.2 Å². The first-order valence-electron chi connectivity index (χ1n) is 12.3. The van der Waals surface area contributed by atoms with Gasteiger partial charge < -0.3 is 4.74 Å². The van der Waals surface area contributed by atoms with Crippen molar-refractivity contribution in [3.63, 3.8) is 0 Å². The van der Waals surface area contributed by atoms with Gasteiger partial charge in [-0.15, -0.1) is 0 Å². The Morgan fingerprint density at radius 2 is 0.778 bits per heavy atom. The summed E-state index contributed by atoms with van der Waals surface area (Å²) in [4.78, 5) is 0. The van der Waals surface area contributed by atoms with E-state index in [0.29, 0.717) is 23.7 Å². The van der Waals surface area contributed by atoms with Crippen molar-refractivity contribution in [3.05, 3.63) is 0 Å². The second-order valence-electron chi connectivity index (χ2n) is 10.3. The number of hydrogen-bond donors (Lipinski definition) is 0. The van der Waals surface area contributed by atoms with Crippen LogP contribution in [0.25, 0.3) is 0 Å². The number of ether oxygens (including phenoxy) is 1. The minimum atomic E-state index is -0.00691. The summed E-state index contributed by atoms with van der Waals surface area (Å²) in [6, 6.07) is 0. The summed E-state index contributed by atoms with van der Waals surface area (Å²) in [5.74, 6) is 2.19. The van der Waals surface area contributed by atoms with E-state index in [-0.39, 0.29) is 11.2 Å². The predicted molar refractivity (Wildman–Crippen MR) is 123 cm³/mol. The standard InChI is InChI=1S/C26H54O/c1-11-13-15-17-19-25(21(3)4,22(5)6)27-26(23(7)8,24(9)10)20-18-16-14-12-2/h21-24H,11-20H2,1-10H3. The van der Waals surface area contributed by atoms with Crippen molar-refractivity contribution in [1.29, 1.82) is 0 Å². The van der Waals surface area contributed by atoms with Crippen molar-refractivity contribution in [2.24, 2.45) is 23.7 Å². The molecule has 0 radical (unpaired) electrons. The zero-order valence-electron chi connectivity index (χ0n) is 20.8. The summed E-state index contributed by atoms with van der Waals surface area (Å²) in [6.07, 6.45) is 13.0. The van der Waals surface area contributed by atoms with Gasteiger partial charge in [-0.25, -0.2) is 0 Å². The maximum Gasteiger partial charge on any atom is 0.0735 e. The monoisotopic (exact) mass is 382 g/mol. The highest BCUT2D eigenvalue weighted by Gasteiger charge is 2.48. The van der Waals surface area contributed by atoms with Gasteiger partial charge >= 0.3 is 0 Å². The fraction of sp³-hybridized carbons (Fsp3) is 1.00. The van der Waals surface area contributed by atoms with Gasteiger partial charge in [0.15, 0.2) is 0 Å². The second-order valence-corrected chi connectivity index (χ2v) is 10.3. The first kappa shape index (κ1) is 27.0. The Labute approximate surface area is 173 Å². The quantitative estimate of drug-likeness (QED) is 0.242. The Balaban J connectivity index is 5.66. The molecule has 0 fully saturated rings. The SMILES string of the molecule is CCCCCCC(OC(CCCCCC)(C(C)C)C(C)C)(C(C)C)C(C)C. The number of rotatable bonds is 16. The maximum absolute atomic E-state index is 7.43. The van der Waals surface area contributed by atoms with Gasteiger partial charge in [-0.1, -0.05) is 121 Å². The van der Waals surface area contributed by atoms with Crippen molar-refractivity contribution < 1.29 is 4.74 Å². The van der Waals surface area contributed by atoms with Crippen LogP contribution in [0.15, 0.2) is 0 Å². The molecule has 0 saturated heterocycles. The molecule has 0 atom stereocenters. The van der Waals surface area contributed by atoms with Crippen LogP contribution in [0, 0.1) is 23.7 Å². The van der Waals surface area contributed by atoms with E-state index in [4.69, 9.17) is 4.74 Å². The van der Waals surface area contributed by atoms with Crippen LogP contribution in [0.4, 0.5) is 0 Å². The van der Waals surface area contributed by atoms with E-state index in [9.17, 15) is 0 Å². The van der Waals surface area contributed by atoms with Crippen molar-refractivity contribution >= 4 is 0 Å². The van der Waals surface area contributed by atoms with Crippen LogP contribution in [0.5, 0.6) is 0 Å². The predicted octanol–water partition coefficient (Wildman–Crippen LogP) is 9.05. The molecule has 0 N–H and O–H groups in total. The molecule has 0 aliphatic carbocycles. The third-order valence-corrected chi connectivity index (χ3v) is 7.13.